The number of nitrogens with one attached hydrogen (secondary N) is 1. The second-order valence-electron chi connectivity index (χ2n) is 5.24. The van der Waals surface area contributed by atoms with E-state index in [-0.39, 0.29) is 0 Å². The van der Waals surface area contributed by atoms with E-state index in [4.69, 9.17) is 9.47 Å². The van der Waals surface area contributed by atoms with E-state index in [1.807, 2.05) is 20.2 Å². The SMILES string of the molecule is CCCCOCCOCC(O)CNCc1cn(C)nc1C. The van der Waals surface area contributed by atoms with Gasteiger partial charge < -0.3 is 19.9 Å². The van der Waals surface area contributed by atoms with Gasteiger partial charge in [-0.1, -0.05) is 13.3 Å². The number of aromatic nitrogens is 2. The van der Waals surface area contributed by atoms with Gasteiger partial charge in [-0.05, 0) is 13.3 Å². The van der Waals surface area contributed by atoms with Crippen LogP contribution < -0.4 is 5.32 Å². The Labute approximate surface area is 127 Å². The number of hydrogen-bond acceptors (Lipinski definition) is 5. The summed E-state index contributed by atoms with van der Waals surface area (Å²) >= 11 is 0. The number of aliphatic hydroxyl groups is 1. The minimum absolute atomic E-state index is 0.330. The molecule has 0 saturated carbocycles. The predicted molar refractivity (Wildman–Crippen MR) is 82.2 cm³/mol. The van der Waals surface area contributed by atoms with E-state index in [2.05, 4.69) is 17.3 Å². The van der Waals surface area contributed by atoms with Crippen molar-refractivity contribution in [2.45, 2.75) is 39.3 Å². The van der Waals surface area contributed by atoms with Crippen LogP contribution in [0.5, 0.6) is 0 Å². The number of rotatable bonds is 12. The van der Waals surface area contributed by atoms with E-state index in [1.165, 1.54) is 0 Å². The van der Waals surface area contributed by atoms with E-state index < -0.39 is 6.10 Å². The van der Waals surface area contributed by atoms with Gasteiger partial charge >= 0.3 is 0 Å². The molecule has 1 rings (SSSR count). The first-order valence-corrected chi connectivity index (χ1v) is 7.66. The van der Waals surface area contributed by atoms with Crippen molar-refractivity contribution in [1.29, 1.82) is 0 Å². The molecule has 21 heavy (non-hydrogen) atoms. The molecule has 0 aromatic carbocycles. The number of unbranched alkanes of at least 4 members (excludes halogenated alkanes) is 1. The molecule has 1 aromatic heterocycles. The summed E-state index contributed by atoms with van der Waals surface area (Å²) in [5.74, 6) is 0. The Hall–Kier alpha value is -0.950. The van der Waals surface area contributed by atoms with E-state index in [9.17, 15) is 5.11 Å². The molecule has 0 spiro atoms. The first-order valence-electron chi connectivity index (χ1n) is 7.66. The smallest absolute Gasteiger partial charge is 0.0897 e. The number of aryl methyl sites for hydroxylation is 2. The molecule has 0 aliphatic rings. The van der Waals surface area contributed by atoms with Crippen LogP contribution >= 0.6 is 0 Å². The van der Waals surface area contributed by atoms with Crippen LogP contribution in [0, 0.1) is 6.92 Å². The highest BCUT2D eigenvalue weighted by Gasteiger charge is 2.06. The largest absolute Gasteiger partial charge is 0.389 e. The van der Waals surface area contributed by atoms with Crippen molar-refractivity contribution in [1.82, 2.24) is 15.1 Å². The maximum Gasteiger partial charge on any atom is 0.0897 e. The second kappa shape index (κ2) is 10.7. The Morgan fingerprint density at radius 3 is 2.76 bits per heavy atom. The summed E-state index contributed by atoms with van der Waals surface area (Å²) in [4.78, 5) is 0. The third-order valence-corrected chi connectivity index (χ3v) is 3.14. The van der Waals surface area contributed by atoms with Crippen molar-refractivity contribution >= 4 is 0 Å². The van der Waals surface area contributed by atoms with Gasteiger partial charge in [-0.2, -0.15) is 5.10 Å². The van der Waals surface area contributed by atoms with Crippen LogP contribution in [0.3, 0.4) is 0 Å². The zero-order valence-electron chi connectivity index (χ0n) is 13.5. The average molecular weight is 299 g/mol. The lowest BCUT2D eigenvalue weighted by atomic mass is 10.2. The molecule has 0 aliphatic carbocycles. The predicted octanol–water partition coefficient (Wildman–Crippen LogP) is 1.01. The Bertz CT molecular complexity index is 382. The molecule has 1 atom stereocenters. The summed E-state index contributed by atoms with van der Waals surface area (Å²) in [5.41, 5.74) is 2.16. The molecule has 0 aliphatic heterocycles. The molecule has 0 amide bonds. The molecule has 6 heteroatoms. The molecule has 1 aromatic rings. The number of aliphatic hydroxyl groups excluding tert-OH is 1. The zero-order chi connectivity index (χ0) is 15.5. The Morgan fingerprint density at radius 2 is 2.10 bits per heavy atom. The molecule has 0 bridgehead atoms. The van der Waals surface area contributed by atoms with Gasteiger partial charge in [0.1, 0.15) is 0 Å². The first-order chi connectivity index (χ1) is 10.1. The van der Waals surface area contributed by atoms with Crippen molar-refractivity contribution in [3.05, 3.63) is 17.5 Å². The topological polar surface area (TPSA) is 68.5 Å². The maximum absolute atomic E-state index is 9.79. The van der Waals surface area contributed by atoms with Gasteiger partial charge in [-0.15, -0.1) is 0 Å². The summed E-state index contributed by atoms with van der Waals surface area (Å²) in [6.07, 6.45) is 3.71. The van der Waals surface area contributed by atoms with E-state index in [0.717, 1.165) is 30.7 Å². The highest BCUT2D eigenvalue weighted by molar-refractivity contribution is 5.14. The van der Waals surface area contributed by atoms with E-state index >= 15 is 0 Å². The van der Waals surface area contributed by atoms with Crippen LogP contribution in [0.4, 0.5) is 0 Å². The van der Waals surface area contributed by atoms with Gasteiger partial charge in [0, 0.05) is 38.5 Å². The highest BCUT2D eigenvalue weighted by atomic mass is 16.5. The fraction of sp³-hybridized carbons (Fsp3) is 0.800. The monoisotopic (exact) mass is 299 g/mol. The molecule has 122 valence electrons. The van der Waals surface area contributed by atoms with Crippen LogP contribution in [-0.4, -0.2) is 54.0 Å². The van der Waals surface area contributed by atoms with Crippen molar-refractivity contribution in [2.24, 2.45) is 7.05 Å². The van der Waals surface area contributed by atoms with Gasteiger partial charge in [-0.3, -0.25) is 4.68 Å². The zero-order valence-corrected chi connectivity index (χ0v) is 13.5. The summed E-state index contributed by atoms with van der Waals surface area (Å²) in [6.45, 7) is 7.56. The van der Waals surface area contributed by atoms with Gasteiger partial charge in [0.05, 0.1) is 31.6 Å². The fourth-order valence-electron chi connectivity index (χ4n) is 1.94. The fourth-order valence-corrected chi connectivity index (χ4v) is 1.94. The lowest BCUT2D eigenvalue weighted by molar-refractivity contribution is 0.00385. The van der Waals surface area contributed by atoms with Crippen molar-refractivity contribution in [2.75, 3.05) is 33.0 Å². The second-order valence-corrected chi connectivity index (χ2v) is 5.24. The number of ether oxygens (including phenoxy) is 2. The molecule has 2 N–H and O–H groups in total. The molecule has 1 heterocycles. The molecule has 0 saturated heterocycles. The van der Waals surface area contributed by atoms with Gasteiger partial charge in [0.25, 0.3) is 0 Å². The van der Waals surface area contributed by atoms with Crippen LogP contribution in [0.2, 0.25) is 0 Å². The summed E-state index contributed by atoms with van der Waals surface area (Å²) < 4.78 is 12.5. The minimum atomic E-state index is -0.502. The number of nitrogens with zero attached hydrogens (tertiary/aromatic N) is 2. The normalized spacial score (nSPS) is 12.8. The summed E-state index contributed by atoms with van der Waals surface area (Å²) in [6, 6.07) is 0. The Morgan fingerprint density at radius 1 is 1.33 bits per heavy atom. The summed E-state index contributed by atoms with van der Waals surface area (Å²) in [5, 5.41) is 17.3. The van der Waals surface area contributed by atoms with Crippen molar-refractivity contribution < 1.29 is 14.6 Å². The molecule has 0 radical (unpaired) electrons. The molecule has 6 nitrogen and oxygen atoms in total. The van der Waals surface area contributed by atoms with E-state index in [1.54, 1.807) is 4.68 Å². The molecule has 0 fully saturated rings. The lowest BCUT2D eigenvalue weighted by Gasteiger charge is -2.12. The third kappa shape index (κ3) is 8.16. The average Bonchev–Trinajstić information content (AvgIpc) is 2.76. The Kier molecular flexibility index (Phi) is 9.25. The lowest BCUT2D eigenvalue weighted by Crippen LogP contribution is -2.30. The van der Waals surface area contributed by atoms with E-state index in [0.29, 0.717) is 32.9 Å². The standard InChI is InChI=1S/C15H29N3O3/c1-4-5-6-20-7-8-21-12-15(19)10-16-9-14-11-18(3)17-13(14)2/h11,15-16,19H,4-10,12H2,1-3H3. The first kappa shape index (κ1) is 18.1. The molecular weight excluding hydrogens is 270 g/mol. The van der Waals surface area contributed by atoms with Gasteiger partial charge in [0.15, 0.2) is 0 Å². The third-order valence-electron chi connectivity index (χ3n) is 3.14. The minimum Gasteiger partial charge on any atom is -0.389 e. The molecular formula is C15H29N3O3. The van der Waals surface area contributed by atoms with Crippen LogP contribution in [0.15, 0.2) is 6.20 Å². The number of hydrogen-bond donors (Lipinski definition) is 2. The van der Waals surface area contributed by atoms with Crippen molar-refractivity contribution in [3.63, 3.8) is 0 Å². The van der Waals surface area contributed by atoms with Crippen molar-refractivity contribution in [3.8, 4) is 0 Å². The maximum atomic E-state index is 9.79. The van der Waals surface area contributed by atoms with Gasteiger partial charge in [-0.25, -0.2) is 0 Å². The van der Waals surface area contributed by atoms with Crippen LogP contribution in [0.1, 0.15) is 31.0 Å². The van der Waals surface area contributed by atoms with Crippen LogP contribution in [-0.2, 0) is 23.1 Å². The summed E-state index contributed by atoms with van der Waals surface area (Å²) in [7, 11) is 1.90. The van der Waals surface area contributed by atoms with Gasteiger partial charge in [0.2, 0.25) is 0 Å². The highest BCUT2D eigenvalue weighted by Crippen LogP contribution is 2.03. The van der Waals surface area contributed by atoms with Crippen LogP contribution in [0.25, 0.3) is 0 Å². The molecule has 1 unspecified atom stereocenters. The quantitative estimate of drug-likeness (QED) is 0.564. The Balaban J connectivity index is 1.99.